The lowest BCUT2D eigenvalue weighted by Crippen LogP contribution is -2.40. The van der Waals surface area contributed by atoms with Crippen LogP contribution in [0.25, 0.3) is 0 Å². The third-order valence-corrected chi connectivity index (χ3v) is 3.05. The van der Waals surface area contributed by atoms with Crippen molar-refractivity contribution in [3.05, 3.63) is 33.8 Å². The maximum Gasteiger partial charge on any atom is 0.455 e. The van der Waals surface area contributed by atoms with Gasteiger partial charge in [-0.1, -0.05) is 28.1 Å². The maximum atomic E-state index is 12.6. The molecule has 1 rings (SSSR count). The quantitative estimate of drug-likeness (QED) is 0.825. The van der Waals surface area contributed by atoms with Crippen LogP contribution >= 0.6 is 15.9 Å². The Bertz CT molecular complexity index is 436. The third kappa shape index (κ3) is 4.39. The maximum absolute atomic E-state index is 12.6. The number of ether oxygens (including phenoxy) is 1. The minimum absolute atomic E-state index is 0.298. The lowest BCUT2D eigenvalue weighted by Gasteiger charge is -2.19. The molecule has 0 heterocycles. The highest BCUT2D eigenvalue weighted by Gasteiger charge is 2.57. The molecule has 0 atom stereocenters. The Balaban J connectivity index is 2.59. The van der Waals surface area contributed by atoms with Crippen LogP contribution < -0.4 is 5.73 Å². The van der Waals surface area contributed by atoms with Crippen molar-refractivity contribution >= 4 is 15.9 Å². The molecule has 2 N–H and O–H groups in total. The highest BCUT2D eigenvalue weighted by Crippen LogP contribution is 2.35. The summed E-state index contributed by atoms with van der Waals surface area (Å²) in [5, 5.41) is 0. The van der Waals surface area contributed by atoms with Crippen molar-refractivity contribution in [2.75, 3.05) is 6.61 Å². The van der Waals surface area contributed by atoms with E-state index in [4.69, 9.17) is 5.73 Å². The highest BCUT2D eigenvalue weighted by molar-refractivity contribution is 9.10. The molecular weight excluding hydrogens is 337 g/mol. The Hall–Kier alpha value is -0.730. The molecule has 1 aromatic carbocycles. The van der Waals surface area contributed by atoms with Gasteiger partial charge in [0.2, 0.25) is 0 Å². The van der Waals surface area contributed by atoms with Crippen molar-refractivity contribution in [1.29, 1.82) is 0 Å². The molecule has 0 saturated carbocycles. The summed E-state index contributed by atoms with van der Waals surface area (Å²) in [7, 11) is 0. The van der Waals surface area contributed by atoms with Gasteiger partial charge in [0.15, 0.2) is 0 Å². The van der Waals surface area contributed by atoms with Crippen molar-refractivity contribution in [3.8, 4) is 0 Å². The van der Waals surface area contributed by atoms with Crippen LogP contribution in [0.1, 0.15) is 11.1 Å². The molecule has 108 valence electrons. The van der Waals surface area contributed by atoms with Crippen molar-refractivity contribution < 1.29 is 26.7 Å². The molecule has 0 aliphatic rings. The SMILES string of the molecule is NCc1ccc(COCC(F)(F)C(F)(F)F)c(Br)c1. The summed E-state index contributed by atoms with van der Waals surface area (Å²) >= 11 is 3.16. The first-order valence-corrected chi connectivity index (χ1v) is 5.96. The summed E-state index contributed by atoms with van der Waals surface area (Å²) in [5.41, 5.74) is 6.67. The number of alkyl halides is 5. The molecule has 1 aromatic rings. The normalized spacial score (nSPS) is 12.8. The number of hydrogen-bond donors (Lipinski definition) is 1. The lowest BCUT2D eigenvalue weighted by molar-refractivity contribution is -0.297. The number of benzene rings is 1. The van der Waals surface area contributed by atoms with Crippen LogP contribution in [0.5, 0.6) is 0 Å². The summed E-state index contributed by atoms with van der Waals surface area (Å²) in [5.74, 6) is -4.85. The van der Waals surface area contributed by atoms with Crippen LogP contribution in [0.4, 0.5) is 22.0 Å². The van der Waals surface area contributed by atoms with Crippen LogP contribution in [0.3, 0.4) is 0 Å². The fourth-order valence-electron chi connectivity index (χ4n) is 1.21. The van der Waals surface area contributed by atoms with E-state index in [0.717, 1.165) is 5.56 Å². The highest BCUT2D eigenvalue weighted by atomic mass is 79.9. The van der Waals surface area contributed by atoms with Gasteiger partial charge in [-0.25, -0.2) is 0 Å². The zero-order valence-corrected chi connectivity index (χ0v) is 11.2. The second-order valence-electron chi connectivity index (χ2n) is 3.82. The zero-order chi connectivity index (χ0) is 14.7. The van der Waals surface area contributed by atoms with E-state index in [2.05, 4.69) is 20.7 Å². The summed E-state index contributed by atoms with van der Waals surface area (Å²) in [6.45, 7) is -1.76. The van der Waals surface area contributed by atoms with Crippen LogP contribution in [-0.2, 0) is 17.9 Å². The minimum atomic E-state index is -5.60. The third-order valence-electron chi connectivity index (χ3n) is 2.31. The van der Waals surface area contributed by atoms with Gasteiger partial charge >= 0.3 is 12.1 Å². The second-order valence-corrected chi connectivity index (χ2v) is 4.68. The molecular formula is C11H11BrF5NO. The van der Waals surface area contributed by atoms with E-state index in [9.17, 15) is 22.0 Å². The fraction of sp³-hybridized carbons (Fsp3) is 0.455. The molecule has 0 saturated heterocycles. The summed E-state index contributed by atoms with van der Waals surface area (Å²) in [6, 6.07) is 4.85. The molecule has 0 unspecified atom stereocenters. The first-order valence-electron chi connectivity index (χ1n) is 5.17. The lowest BCUT2D eigenvalue weighted by atomic mass is 10.1. The van der Waals surface area contributed by atoms with Gasteiger partial charge in [-0.05, 0) is 17.2 Å². The van der Waals surface area contributed by atoms with Gasteiger partial charge in [-0.3, -0.25) is 0 Å². The molecule has 0 aliphatic carbocycles. The molecule has 8 heteroatoms. The first kappa shape index (κ1) is 16.3. The van der Waals surface area contributed by atoms with Gasteiger partial charge in [-0.2, -0.15) is 22.0 Å². The topological polar surface area (TPSA) is 35.2 Å². The molecule has 0 spiro atoms. The largest absolute Gasteiger partial charge is 0.455 e. The minimum Gasteiger partial charge on any atom is -0.370 e. The second kappa shape index (κ2) is 6.15. The van der Waals surface area contributed by atoms with Crippen LogP contribution in [0, 0.1) is 0 Å². The van der Waals surface area contributed by atoms with Crippen molar-refractivity contribution in [2.24, 2.45) is 5.73 Å². The van der Waals surface area contributed by atoms with Crippen LogP contribution in [0.2, 0.25) is 0 Å². The molecule has 0 aliphatic heterocycles. The Morgan fingerprint density at radius 1 is 1.16 bits per heavy atom. The monoisotopic (exact) mass is 347 g/mol. The Morgan fingerprint density at radius 2 is 1.79 bits per heavy atom. The Kier molecular flexibility index (Phi) is 5.28. The standard InChI is InChI=1S/C11H11BrF5NO/c12-9-3-7(4-18)1-2-8(9)5-19-6-10(13,14)11(15,16)17/h1-3H,4-6,18H2. The van der Waals surface area contributed by atoms with E-state index < -0.39 is 18.7 Å². The Labute approximate surface area is 114 Å². The average molecular weight is 348 g/mol. The molecule has 0 fully saturated rings. The predicted molar refractivity (Wildman–Crippen MR) is 62.7 cm³/mol. The predicted octanol–water partition coefficient (Wildman–Crippen LogP) is 3.62. The van der Waals surface area contributed by atoms with Gasteiger partial charge in [0.1, 0.15) is 6.61 Å². The first-order chi connectivity index (χ1) is 8.67. The van der Waals surface area contributed by atoms with Gasteiger partial charge in [0, 0.05) is 11.0 Å². The molecule has 0 amide bonds. The zero-order valence-electron chi connectivity index (χ0n) is 9.61. The number of nitrogens with two attached hydrogens (primary N) is 1. The molecule has 0 aromatic heterocycles. The van der Waals surface area contributed by atoms with Crippen LogP contribution in [-0.4, -0.2) is 18.7 Å². The summed E-state index contributed by atoms with van der Waals surface area (Å²) in [6.07, 6.45) is -5.60. The average Bonchev–Trinajstić information content (AvgIpc) is 2.29. The number of halogens is 6. The van der Waals surface area contributed by atoms with E-state index in [0.29, 0.717) is 16.6 Å². The van der Waals surface area contributed by atoms with Gasteiger partial charge < -0.3 is 10.5 Å². The molecule has 19 heavy (non-hydrogen) atoms. The van der Waals surface area contributed by atoms with E-state index in [-0.39, 0.29) is 6.61 Å². The van der Waals surface area contributed by atoms with E-state index in [1.807, 2.05) is 0 Å². The van der Waals surface area contributed by atoms with E-state index >= 15 is 0 Å². The van der Waals surface area contributed by atoms with Crippen LogP contribution in [0.15, 0.2) is 22.7 Å². The molecule has 2 nitrogen and oxygen atoms in total. The summed E-state index contributed by atoms with van der Waals surface area (Å²) < 4.78 is 65.8. The number of rotatable bonds is 5. The van der Waals surface area contributed by atoms with E-state index in [1.54, 1.807) is 18.2 Å². The van der Waals surface area contributed by atoms with E-state index in [1.165, 1.54) is 0 Å². The fourth-order valence-corrected chi connectivity index (χ4v) is 1.75. The molecule has 0 radical (unpaired) electrons. The van der Waals surface area contributed by atoms with Crippen molar-refractivity contribution in [1.82, 2.24) is 0 Å². The van der Waals surface area contributed by atoms with Gasteiger partial charge in [0.05, 0.1) is 6.61 Å². The number of hydrogen-bond acceptors (Lipinski definition) is 2. The molecule has 0 bridgehead atoms. The van der Waals surface area contributed by atoms with Gasteiger partial charge in [-0.15, -0.1) is 0 Å². The summed E-state index contributed by atoms with van der Waals surface area (Å²) in [4.78, 5) is 0. The Morgan fingerprint density at radius 3 is 2.26 bits per heavy atom. The van der Waals surface area contributed by atoms with Crippen molar-refractivity contribution in [2.45, 2.75) is 25.3 Å². The smallest absolute Gasteiger partial charge is 0.370 e. The van der Waals surface area contributed by atoms with Crippen molar-refractivity contribution in [3.63, 3.8) is 0 Å². The van der Waals surface area contributed by atoms with Gasteiger partial charge in [0.25, 0.3) is 0 Å².